The highest BCUT2D eigenvalue weighted by atomic mass is 35.5. The first-order chi connectivity index (χ1) is 6.68. The van der Waals surface area contributed by atoms with E-state index in [-0.39, 0.29) is 18.3 Å². The molecular formula is C11H18ClF2N. The van der Waals surface area contributed by atoms with Crippen molar-refractivity contribution in [2.45, 2.75) is 38.0 Å². The van der Waals surface area contributed by atoms with E-state index in [0.29, 0.717) is 12.3 Å². The van der Waals surface area contributed by atoms with E-state index in [1.807, 2.05) is 0 Å². The molecule has 0 aromatic rings. The van der Waals surface area contributed by atoms with E-state index in [1.54, 1.807) is 0 Å². The van der Waals surface area contributed by atoms with Crippen molar-refractivity contribution in [3.63, 3.8) is 0 Å². The summed E-state index contributed by atoms with van der Waals surface area (Å²) in [5.41, 5.74) is -0.586. The number of rotatable bonds is 1. The lowest BCUT2D eigenvalue weighted by Gasteiger charge is -2.12. The Kier molecular flexibility index (Phi) is 2.75. The molecule has 3 rings (SSSR count). The standard InChI is InChI=1S/C11H17F2N.ClH/c12-11(13)9(8-2-3-8)10(11)4-1-6-14-7-5-10;/h8-9,14H,1-7H2;1H. The van der Waals surface area contributed by atoms with Crippen molar-refractivity contribution in [3.8, 4) is 0 Å². The highest BCUT2D eigenvalue weighted by Crippen LogP contribution is 2.76. The van der Waals surface area contributed by atoms with Gasteiger partial charge in [-0.2, -0.15) is 0 Å². The molecule has 3 fully saturated rings. The van der Waals surface area contributed by atoms with Crippen LogP contribution in [0.25, 0.3) is 0 Å². The molecule has 4 heteroatoms. The van der Waals surface area contributed by atoms with Crippen molar-refractivity contribution < 1.29 is 8.78 Å². The van der Waals surface area contributed by atoms with Crippen molar-refractivity contribution in [2.24, 2.45) is 17.3 Å². The van der Waals surface area contributed by atoms with Gasteiger partial charge in [-0.05, 0) is 51.1 Å². The molecule has 0 aromatic carbocycles. The quantitative estimate of drug-likeness (QED) is 0.740. The Balaban J connectivity index is 0.000000853. The molecule has 1 aliphatic heterocycles. The zero-order valence-electron chi connectivity index (χ0n) is 8.77. The maximum absolute atomic E-state index is 13.8. The molecule has 0 bridgehead atoms. The molecular weight excluding hydrogens is 220 g/mol. The number of halogens is 3. The summed E-state index contributed by atoms with van der Waals surface area (Å²) in [6, 6.07) is 0. The summed E-state index contributed by atoms with van der Waals surface area (Å²) in [7, 11) is 0. The van der Waals surface area contributed by atoms with Crippen LogP contribution in [-0.4, -0.2) is 19.0 Å². The van der Waals surface area contributed by atoms with Crippen molar-refractivity contribution in [1.82, 2.24) is 5.32 Å². The Labute approximate surface area is 95.4 Å². The molecule has 2 aliphatic carbocycles. The van der Waals surface area contributed by atoms with Gasteiger partial charge < -0.3 is 5.32 Å². The number of hydrogen-bond donors (Lipinski definition) is 1. The Bertz CT molecular complexity index is 245. The van der Waals surface area contributed by atoms with Crippen LogP contribution in [0, 0.1) is 17.3 Å². The van der Waals surface area contributed by atoms with E-state index in [9.17, 15) is 8.78 Å². The fraction of sp³-hybridized carbons (Fsp3) is 1.00. The first-order valence-electron chi connectivity index (χ1n) is 5.77. The summed E-state index contributed by atoms with van der Waals surface area (Å²) >= 11 is 0. The minimum Gasteiger partial charge on any atom is -0.317 e. The Morgan fingerprint density at radius 1 is 1.07 bits per heavy atom. The van der Waals surface area contributed by atoms with Crippen LogP contribution in [0.2, 0.25) is 0 Å². The molecule has 3 aliphatic rings. The Morgan fingerprint density at radius 3 is 2.47 bits per heavy atom. The average Bonchev–Trinajstić information content (AvgIpc) is 2.95. The predicted octanol–water partition coefficient (Wildman–Crippen LogP) is 2.84. The molecule has 1 saturated heterocycles. The van der Waals surface area contributed by atoms with Crippen LogP contribution in [0.15, 0.2) is 0 Å². The molecule has 1 nitrogen and oxygen atoms in total. The topological polar surface area (TPSA) is 12.0 Å². The lowest BCUT2D eigenvalue weighted by molar-refractivity contribution is 0.0513. The second kappa shape index (κ2) is 3.56. The molecule has 1 N–H and O–H groups in total. The lowest BCUT2D eigenvalue weighted by atomic mass is 9.92. The van der Waals surface area contributed by atoms with Crippen LogP contribution >= 0.6 is 12.4 Å². The highest BCUT2D eigenvalue weighted by molar-refractivity contribution is 5.85. The van der Waals surface area contributed by atoms with Gasteiger partial charge in [-0.3, -0.25) is 0 Å². The van der Waals surface area contributed by atoms with Crippen LogP contribution in [0.3, 0.4) is 0 Å². The van der Waals surface area contributed by atoms with Gasteiger partial charge in [0.05, 0.1) is 0 Å². The molecule has 88 valence electrons. The molecule has 2 saturated carbocycles. The van der Waals surface area contributed by atoms with Gasteiger partial charge in [0.2, 0.25) is 0 Å². The maximum atomic E-state index is 13.8. The molecule has 0 aromatic heterocycles. The second-order valence-corrected chi connectivity index (χ2v) is 5.20. The van der Waals surface area contributed by atoms with E-state index in [0.717, 1.165) is 38.8 Å². The monoisotopic (exact) mass is 237 g/mol. The van der Waals surface area contributed by atoms with Crippen molar-refractivity contribution in [2.75, 3.05) is 13.1 Å². The van der Waals surface area contributed by atoms with E-state index in [4.69, 9.17) is 0 Å². The molecule has 2 unspecified atom stereocenters. The number of alkyl halides is 2. The van der Waals surface area contributed by atoms with E-state index in [2.05, 4.69) is 5.32 Å². The molecule has 0 amide bonds. The zero-order chi connectivity index (χ0) is 9.81. The van der Waals surface area contributed by atoms with Gasteiger partial charge in [0.1, 0.15) is 0 Å². The van der Waals surface area contributed by atoms with Crippen molar-refractivity contribution in [1.29, 1.82) is 0 Å². The van der Waals surface area contributed by atoms with Crippen LogP contribution < -0.4 is 5.32 Å². The summed E-state index contributed by atoms with van der Waals surface area (Å²) in [6.45, 7) is 1.72. The van der Waals surface area contributed by atoms with Gasteiger partial charge in [-0.1, -0.05) is 0 Å². The smallest absolute Gasteiger partial charge is 0.257 e. The van der Waals surface area contributed by atoms with E-state index in [1.165, 1.54) is 0 Å². The van der Waals surface area contributed by atoms with Crippen LogP contribution in [0.4, 0.5) is 8.78 Å². The van der Waals surface area contributed by atoms with Gasteiger partial charge in [0.15, 0.2) is 0 Å². The van der Waals surface area contributed by atoms with Gasteiger partial charge in [-0.25, -0.2) is 8.78 Å². The Hall–Kier alpha value is 0.110. The fourth-order valence-electron chi connectivity index (χ4n) is 3.45. The summed E-state index contributed by atoms with van der Waals surface area (Å²) in [5.74, 6) is -2.22. The lowest BCUT2D eigenvalue weighted by Crippen LogP contribution is -2.16. The van der Waals surface area contributed by atoms with Crippen molar-refractivity contribution >= 4 is 12.4 Å². The molecule has 2 atom stereocenters. The van der Waals surface area contributed by atoms with Crippen LogP contribution in [0.5, 0.6) is 0 Å². The minimum atomic E-state index is -2.33. The normalized spacial score (nSPS) is 43.2. The van der Waals surface area contributed by atoms with Crippen molar-refractivity contribution in [3.05, 3.63) is 0 Å². The molecule has 15 heavy (non-hydrogen) atoms. The van der Waals surface area contributed by atoms with E-state index >= 15 is 0 Å². The first kappa shape index (κ1) is 11.6. The minimum absolute atomic E-state index is 0. The average molecular weight is 238 g/mol. The van der Waals surface area contributed by atoms with E-state index < -0.39 is 11.3 Å². The third kappa shape index (κ3) is 1.50. The zero-order valence-corrected chi connectivity index (χ0v) is 9.59. The van der Waals surface area contributed by atoms with Gasteiger partial charge in [-0.15, -0.1) is 12.4 Å². The van der Waals surface area contributed by atoms with Crippen LogP contribution in [0.1, 0.15) is 32.1 Å². The predicted molar refractivity (Wildman–Crippen MR) is 57.6 cm³/mol. The Morgan fingerprint density at radius 2 is 1.80 bits per heavy atom. The molecule has 0 radical (unpaired) electrons. The summed E-state index contributed by atoms with van der Waals surface area (Å²) < 4.78 is 27.6. The first-order valence-corrected chi connectivity index (χ1v) is 5.77. The van der Waals surface area contributed by atoms with Gasteiger partial charge in [0.25, 0.3) is 5.92 Å². The second-order valence-electron chi connectivity index (χ2n) is 5.20. The molecule has 1 heterocycles. The SMILES string of the molecule is Cl.FC1(F)C(C2CC2)C12CCCNCC2. The van der Waals surface area contributed by atoms with Gasteiger partial charge >= 0.3 is 0 Å². The number of hydrogen-bond acceptors (Lipinski definition) is 1. The summed E-state index contributed by atoms with van der Waals surface area (Å²) in [4.78, 5) is 0. The summed E-state index contributed by atoms with van der Waals surface area (Å²) in [6.07, 6.45) is 4.47. The fourth-order valence-corrected chi connectivity index (χ4v) is 3.45. The van der Waals surface area contributed by atoms with Gasteiger partial charge in [0, 0.05) is 11.3 Å². The van der Waals surface area contributed by atoms with Crippen LogP contribution in [-0.2, 0) is 0 Å². The third-order valence-corrected chi connectivity index (χ3v) is 4.38. The summed E-state index contributed by atoms with van der Waals surface area (Å²) in [5, 5.41) is 3.23. The number of nitrogens with one attached hydrogen (secondary N) is 1. The largest absolute Gasteiger partial charge is 0.317 e. The highest BCUT2D eigenvalue weighted by Gasteiger charge is 2.81. The molecule has 1 spiro atoms. The maximum Gasteiger partial charge on any atom is 0.257 e. The third-order valence-electron chi connectivity index (χ3n) is 4.38.